The largest absolute Gasteiger partial charge is 0.507 e. The number of methoxy groups -OCH3 is 1. The maximum absolute atomic E-state index is 13.1. The van der Waals surface area contributed by atoms with E-state index in [1.165, 1.54) is 7.11 Å². The van der Waals surface area contributed by atoms with Gasteiger partial charge in [0, 0.05) is 23.2 Å². The highest BCUT2D eigenvalue weighted by molar-refractivity contribution is 6.04. The van der Waals surface area contributed by atoms with E-state index in [1.54, 1.807) is 30.5 Å². The number of benzene rings is 2. The number of alkyl halides is 3. The Morgan fingerprint density at radius 2 is 1.86 bits per heavy atom. The number of pyridine rings is 1. The number of ether oxygens (including phenoxy) is 1. The number of aromatic hydroxyl groups is 1. The topological polar surface area (TPSA) is 116 Å². The van der Waals surface area contributed by atoms with Gasteiger partial charge in [0.15, 0.2) is 0 Å². The summed E-state index contributed by atoms with van der Waals surface area (Å²) in [5.41, 5.74) is 2.14. The number of H-pyrrole nitrogens is 1. The van der Waals surface area contributed by atoms with E-state index in [4.69, 9.17) is 4.74 Å². The molecule has 0 bridgehead atoms. The van der Waals surface area contributed by atoms with Crippen molar-refractivity contribution in [3.05, 3.63) is 82.7 Å². The molecule has 0 atom stereocenters. The van der Waals surface area contributed by atoms with Crippen molar-refractivity contribution >= 4 is 34.3 Å². The minimum Gasteiger partial charge on any atom is -0.507 e. The molecule has 0 unspecified atom stereocenters. The van der Waals surface area contributed by atoms with E-state index in [1.807, 2.05) is 13.0 Å². The van der Waals surface area contributed by atoms with Crippen molar-refractivity contribution in [1.29, 1.82) is 0 Å². The molecule has 0 saturated heterocycles. The van der Waals surface area contributed by atoms with Crippen LogP contribution in [0.15, 0.2) is 54.7 Å². The summed E-state index contributed by atoms with van der Waals surface area (Å²) in [7, 11) is 1.29. The predicted octanol–water partition coefficient (Wildman–Crippen LogP) is 5.25. The fourth-order valence-electron chi connectivity index (χ4n) is 3.58. The smallest absolute Gasteiger partial charge is 0.419 e. The zero-order chi connectivity index (χ0) is 26.0. The molecule has 2 aromatic heterocycles. The van der Waals surface area contributed by atoms with Gasteiger partial charge < -0.3 is 25.5 Å². The van der Waals surface area contributed by atoms with Crippen LogP contribution < -0.4 is 10.6 Å². The molecule has 0 aliphatic carbocycles. The molecular formula is C25H21F3N4O4. The van der Waals surface area contributed by atoms with Gasteiger partial charge in [0.25, 0.3) is 5.91 Å². The van der Waals surface area contributed by atoms with Gasteiger partial charge in [-0.05, 0) is 60.5 Å². The van der Waals surface area contributed by atoms with Gasteiger partial charge >= 0.3 is 12.1 Å². The van der Waals surface area contributed by atoms with Crippen molar-refractivity contribution in [2.24, 2.45) is 0 Å². The molecule has 2 aromatic carbocycles. The monoisotopic (exact) mass is 498 g/mol. The van der Waals surface area contributed by atoms with Crippen LogP contribution in [0.2, 0.25) is 0 Å². The van der Waals surface area contributed by atoms with Gasteiger partial charge in [0.05, 0.1) is 24.6 Å². The molecule has 4 N–H and O–H groups in total. The first-order valence-corrected chi connectivity index (χ1v) is 10.7. The number of hydrogen-bond donors (Lipinski definition) is 4. The molecule has 186 valence electrons. The van der Waals surface area contributed by atoms with Gasteiger partial charge in [0.1, 0.15) is 17.1 Å². The van der Waals surface area contributed by atoms with Crippen LogP contribution in [0.1, 0.15) is 37.5 Å². The number of aromatic amines is 1. The second-order valence-electron chi connectivity index (χ2n) is 8.02. The third kappa shape index (κ3) is 5.24. The Bertz CT molecular complexity index is 1460. The molecule has 0 radical (unpaired) electrons. The molecule has 4 rings (SSSR count). The Labute approximate surface area is 203 Å². The highest BCUT2D eigenvalue weighted by Gasteiger charge is 2.34. The van der Waals surface area contributed by atoms with Crippen LogP contribution in [0.3, 0.4) is 0 Å². The molecule has 0 spiro atoms. The van der Waals surface area contributed by atoms with Crippen molar-refractivity contribution in [3.63, 3.8) is 0 Å². The molecule has 4 aromatic rings. The standard InChI is InChI=1S/C25H21F3N4O4/c1-13-3-5-17(31-23(34)14-4-6-21(33)19(9-14)25(26,27)28)8-16(13)11-29-18-7-15-10-20(24(35)36-2)32-22(15)30-12-18/h3-10,12,29,33H,11H2,1-2H3,(H,30,32)(H,31,34). The normalized spacial score (nSPS) is 11.4. The van der Waals surface area contributed by atoms with E-state index >= 15 is 0 Å². The van der Waals surface area contributed by atoms with Crippen molar-refractivity contribution in [3.8, 4) is 5.75 Å². The van der Waals surface area contributed by atoms with Crippen molar-refractivity contribution in [2.45, 2.75) is 19.6 Å². The number of nitrogens with one attached hydrogen (secondary N) is 3. The van der Waals surface area contributed by atoms with Gasteiger partial charge in [-0.15, -0.1) is 0 Å². The lowest BCUT2D eigenvalue weighted by atomic mass is 10.1. The summed E-state index contributed by atoms with van der Waals surface area (Å²) in [6.45, 7) is 2.25. The second-order valence-corrected chi connectivity index (χ2v) is 8.02. The number of phenolic OH excluding ortho intramolecular Hbond substituents is 1. The Hall–Kier alpha value is -4.54. The van der Waals surface area contributed by atoms with Crippen LogP contribution in [-0.2, 0) is 17.5 Å². The number of rotatable bonds is 6. The number of nitrogens with zero attached hydrogens (tertiary/aromatic N) is 1. The lowest BCUT2D eigenvalue weighted by Crippen LogP contribution is -2.14. The van der Waals surface area contributed by atoms with E-state index in [0.29, 0.717) is 35.0 Å². The first-order valence-electron chi connectivity index (χ1n) is 10.7. The number of aryl methyl sites for hydroxylation is 1. The Morgan fingerprint density at radius 1 is 1.08 bits per heavy atom. The zero-order valence-corrected chi connectivity index (χ0v) is 19.2. The number of fused-ring (bicyclic) bond motifs is 1. The van der Waals surface area contributed by atoms with E-state index in [-0.39, 0.29) is 11.3 Å². The average molecular weight is 498 g/mol. The van der Waals surface area contributed by atoms with Gasteiger partial charge in [-0.3, -0.25) is 4.79 Å². The molecule has 36 heavy (non-hydrogen) atoms. The SMILES string of the molecule is COC(=O)c1cc2cc(NCc3cc(NC(=O)c4ccc(O)c(C(F)(F)F)c4)ccc3C)cnc2[nH]1. The first-order chi connectivity index (χ1) is 17.0. The molecule has 11 heteroatoms. The summed E-state index contributed by atoms with van der Waals surface area (Å²) in [6.07, 6.45) is -3.19. The summed E-state index contributed by atoms with van der Waals surface area (Å²) in [6, 6.07) is 11.1. The van der Waals surface area contributed by atoms with Gasteiger partial charge in [0.2, 0.25) is 0 Å². The minimum absolute atomic E-state index is 0.238. The van der Waals surface area contributed by atoms with E-state index < -0.39 is 29.4 Å². The highest BCUT2D eigenvalue weighted by atomic mass is 19.4. The maximum Gasteiger partial charge on any atom is 0.419 e. The van der Waals surface area contributed by atoms with Gasteiger partial charge in [-0.25, -0.2) is 9.78 Å². The molecule has 1 amide bonds. The lowest BCUT2D eigenvalue weighted by Gasteiger charge is -2.13. The average Bonchev–Trinajstić information content (AvgIpc) is 3.27. The number of aromatic nitrogens is 2. The molecule has 2 heterocycles. The number of hydrogen-bond acceptors (Lipinski definition) is 6. The van der Waals surface area contributed by atoms with Gasteiger partial charge in [-0.1, -0.05) is 6.07 Å². The van der Waals surface area contributed by atoms with E-state index in [0.717, 1.165) is 23.3 Å². The second kappa shape index (κ2) is 9.61. The first kappa shape index (κ1) is 24.6. The molecule has 0 fully saturated rings. The highest BCUT2D eigenvalue weighted by Crippen LogP contribution is 2.36. The molecule has 8 nitrogen and oxygen atoms in total. The van der Waals surface area contributed by atoms with Crippen molar-refractivity contribution in [1.82, 2.24) is 9.97 Å². The van der Waals surface area contributed by atoms with Crippen LogP contribution in [0, 0.1) is 6.92 Å². The number of anilines is 2. The minimum atomic E-state index is -4.79. The van der Waals surface area contributed by atoms with Crippen LogP contribution in [0.25, 0.3) is 11.0 Å². The third-order valence-corrected chi connectivity index (χ3v) is 5.53. The number of phenols is 1. The fraction of sp³-hybridized carbons (Fsp3) is 0.160. The Morgan fingerprint density at radius 3 is 2.58 bits per heavy atom. The Kier molecular flexibility index (Phi) is 6.56. The van der Waals surface area contributed by atoms with Crippen LogP contribution in [-0.4, -0.2) is 34.1 Å². The number of amides is 1. The van der Waals surface area contributed by atoms with Gasteiger partial charge in [-0.2, -0.15) is 13.2 Å². The zero-order valence-electron chi connectivity index (χ0n) is 19.2. The summed E-state index contributed by atoms with van der Waals surface area (Å²) in [5.74, 6) is -2.19. The summed E-state index contributed by atoms with van der Waals surface area (Å²) in [5, 5.41) is 16.0. The fourth-order valence-corrected chi connectivity index (χ4v) is 3.58. The third-order valence-electron chi connectivity index (χ3n) is 5.53. The van der Waals surface area contributed by atoms with Crippen molar-refractivity contribution in [2.75, 3.05) is 17.7 Å². The van der Waals surface area contributed by atoms with E-state index in [2.05, 4.69) is 20.6 Å². The summed E-state index contributed by atoms with van der Waals surface area (Å²) in [4.78, 5) is 31.4. The van der Waals surface area contributed by atoms with Crippen LogP contribution >= 0.6 is 0 Å². The number of halogens is 3. The number of carbonyl (C=O) groups excluding carboxylic acids is 2. The molecule has 0 saturated carbocycles. The van der Waals surface area contributed by atoms with Crippen LogP contribution in [0.4, 0.5) is 24.5 Å². The van der Waals surface area contributed by atoms with Crippen LogP contribution in [0.5, 0.6) is 5.75 Å². The summed E-state index contributed by atoms with van der Waals surface area (Å²) >= 11 is 0. The molecular weight excluding hydrogens is 477 g/mol. The maximum atomic E-state index is 13.1. The van der Waals surface area contributed by atoms with E-state index in [9.17, 15) is 27.9 Å². The van der Waals surface area contributed by atoms with Crippen molar-refractivity contribution < 1.29 is 32.6 Å². The quantitative estimate of drug-likeness (QED) is 0.270. The molecule has 0 aliphatic rings. The number of carbonyl (C=O) groups is 2. The predicted molar refractivity (Wildman–Crippen MR) is 127 cm³/mol. The molecule has 0 aliphatic heterocycles. The number of esters is 1. The summed E-state index contributed by atoms with van der Waals surface area (Å²) < 4.78 is 43.9. The lowest BCUT2D eigenvalue weighted by molar-refractivity contribution is -0.138. The Balaban J connectivity index is 1.48.